The van der Waals surface area contributed by atoms with Crippen LogP contribution >= 0.6 is 0 Å². The third-order valence-electron chi connectivity index (χ3n) is 1.25. The third kappa shape index (κ3) is 20.6. The Kier molecular flexibility index (Phi) is 11.7. The van der Waals surface area contributed by atoms with Crippen LogP contribution in [0.4, 0.5) is 0 Å². The summed E-state index contributed by atoms with van der Waals surface area (Å²) in [5.41, 5.74) is 0. The molecule has 17 heavy (non-hydrogen) atoms. The van der Waals surface area contributed by atoms with Gasteiger partial charge >= 0.3 is 11.9 Å². The average molecular weight is 250 g/mol. The van der Waals surface area contributed by atoms with E-state index in [1.807, 2.05) is 0 Å². The molecule has 7 heteroatoms. The zero-order valence-electron chi connectivity index (χ0n) is 9.74. The van der Waals surface area contributed by atoms with Gasteiger partial charge in [0.25, 0.3) is 0 Å². The number of aliphatic carboxylic acids is 2. The van der Waals surface area contributed by atoms with Crippen LogP contribution in [0, 0.1) is 0 Å². The Bertz CT molecular complexity index is 231. The second-order valence-electron chi connectivity index (χ2n) is 3.19. The molecule has 0 aliphatic carbocycles. The van der Waals surface area contributed by atoms with Gasteiger partial charge in [0.2, 0.25) is 0 Å². The van der Waals surface area contributed by atoms with Gasteiger partial charge < -0.3 is 25.2 Å². The summed E-state index contributed by atoms with van der Waals surface area (Å²) in [7, 11) is 0. The molecule has 0 aliphatic rings. The minimum absolute atomic E-state index is 0.00667. The molecule has 0 spiro atoms. The molecule has 0 aromatic rings. The lowest BCUT2D eigenvalue weighted by atomic mass is 10.4. The predicted octanol–water partition coefficient (Wildman–Crippen LogP) is -0.524. The standard InChI is InChI=1S/C6H14O3.C4H4O4/c1-5(8)4-9-6(2)3-7;5-3(6)1-2-4(7)8/h5-8H,3-4H2,1-2H3;1-2H,(H,5,6)(H,7,8)/b;2-1+. The normalized spacial score (nSPS) is 13.6. The SMILES string of the molecule is CC(O)COC(C)CO.O=C(O)/C=C/C(=O)O. The predicted molar refractivity (Wildman–Crippen MR) is 58.6 cm³/mol. The molecule has 0 radical (unpaired) electrons. The molecule has 2 unspecified atom stereocenters. The van der Waals surface area contributed by atoms with Gasteiger partial charge in [-0.05, 0) is 13.8 Å². The smallest absolute Gasteiger partial charge is 0.328 e. The number of rotatable bonds is 6. The van der Waals surface area contributed by atoms with Gasteiger partial charge in [-0.1, -0.05) is 0 Å². The lowest BCUT2D eigenvalue weighted by molar-refractivity contribution is -0.134. The van der Waals surface area contributed by atoms with E-state index < -0.39 is 18.0 Å². The first-order valence-electron chi connectivity index (χ1n) is 4.84. The fraction of sp³-hybridized carbons (Fsp3) is 0.600. The summed E-state index contributed by atoms with van der Waals surface area (Å²) < 4.78 is 4.95. The van der Waals surface area contributed by atoms with Gasteiger partial charge in [-0.3, -0.25) is 0 Å². The first kappa shape index (κ1) is 17.9. The molecule has 2 atom stereocenters. The summed E-state index contributed by atoms with van der Waals surface area (Å²) >= 11 is 0. The second kappa shape index (κ2) is 11.1. The zero-order chi connectivity index (χ0) is 13.8. The summed E-state index contributed by atoms with van der Waals surface area (Å²) in [4.78, 5) is 19.1. The maximum atomic E-state index is 9.55. The number of aliphatic hydroxyl groups excluding tert-OH is 2. The van der Waals surface area contributed by atoms with Crippen molar-refractivity contribution in [2.24, 2.45) is 0 Å². The third-order valence-corrected chi connectivity index (χ3v) is 1.25. The summed E-state index contributed by atoms with van der Waals surface area (Å²) in [5.74, 6) is -2.51. The number of carbonyl (C=O) groups is 2. The minimum Gasteiger partial charge on any atom is -0.478 e. The van der Waals surface area contributed by atoms with Crippen molar-refractivity contribution >= 4 is 11.9 Å². The molecule has 0 rings (SSSR count). The molecule has 7 nitrogen and oxygen atoms in total. The molecule has 0 aliphatic heterocycles. The number of aliphatic hydroxyl groups is 2. The highest BCUT2D eigenvalue weighted by Gasteiger charge is 2.00. The van der Waals surface area contributed by atoms with Gasteiger partial charge in [0.05, 0.1) is 25.4 Å². The Morgan fingerprint density at radius 1 is 1.18 bits per heavy atom. The fourth-order valence-corrected chi connectivity index (χ4v) is 0.499. The van der Waals surface area contributed by atoms with E-state index in [0.717, 1.165) is 0 Å². The Morgan fingerprint density at radius 2 is 1.59 bits per heavy atom. The molecule has 4 N–H and O–H groups in total. The first-order valence-corrected chi connectivity index (χ1v) is 4.84. The molecule has 0 saturated heterocycles. The monoisotopic (exact) mass is 250 g/mol. The van der Waals surface area contributed by atoms with Crippen LogP contribution in [0.15, 0.2) is 12.2 Å². The quantitative estimate of drug-likeness (QED) is 0.467. The molecule has 0 aromatic carbocycles. The molecule has 0 bridgehead atoms. The van der Waals surface area contributed by atoms with Crippen LogP contribution in [0.1, 0.15) is 13.8 Å². The van der Waals surface area contributed by atoms with E-state index in [1.54, 1.807) is 13.8 Å². The lowest BCUT2D eigenvalue weighted by Crippen LogP contribution is -2.19. The maximum absolute atomic E-state index is 9.55. The van der Waals surface area contributed by atoms with E-state index in [-0.39, 0.29) is 12.7 Å². The summed E-state index contributed by atoms with van der Waals surface area (Å²) in [6, 6.07) is 0. The number of ether oxygens (including phenoxy) is 1. The maximum Gasteiger partial charge on any atom is 0.328 e. The molecule has 0 heterocycles. The molecule has 0 saturated carbocycles. The van der Waals surface area contributed by atoms with E-state index >= 15 is 0 Å². The highest BCUT2D eigenvalue weighted by Crippen LogP contribution is 1.90. The average Bonchev–Trinajstić information content (AvgIpc) is 2.23. The van der Waals surface area contributed by atoms with Crippen molar-refractivity contribution in [3.05, 3.63) is 12.2 Å². The van der Waals surface area contributed by atoms with Gasteiger partial charge in [0.1, 0.15) is 0 Å². The van der Waals surface area contributed by atoms with E-state index in [1.165, 1.54) is 0 Å². The molecule has 0 amide bonds. The second-order valence-corrected chi connectivity index (χ2v) is 3.19. The Morgan fingerprint density at radius 3 is 1.82 bits per heavy atom. The van der Waals surface area contributed by atoms with Crippen molar-refractivity contribution in [2.45, 2.75) is 26.1 Å². The van der Waals surface area contributed by atoms with E-state index in [2.05, 4.69) is 0 Å². The van der Waals surface area contributed by atoms with Crippen molar-refractivity contribution in [3.8, 4) is 0 Å². The summed E-state index contributed by atoms with van der Waals surface area (Å²) in [5, 5.41) is 32.8. The zero-order valence-corrected chi connectivity index (χ0v) is 9.74. The van der Waals surface area contributed by atoms with E-state index in [0.29, 0.717) is 18.8 Å². The number of carboxylic acid groups (broad SMARTS) is 2. The fourth-order valence-electron chi connectivity index (χ4n) is 0.499. The van der Waals surface area contributed by atoms with Crippen LogP contribution in [0.3, 0.4) is 0 Å². The minimum atomic E-state index is -1.26. The largest absolute Gasteiger partial charge is 0.478 e. The topological polar surface area (TPSA) is 124 Å². The van der Waals surface area contributed by atoms with Gasteiger partial charge in [0, 0.05) is 12.2 Å². The van der Waals surface area contributed by atoms with Gasteiger partial charge in [-0.2, -0.15) is 0 Å². The molecule has 0 fully saturated rings. The number of hydrogen-bond acceptors (Lipinski definition) is 5. The van der Waals surface area contributed by atoms with Crippen molar-refractivity contribution < 1.29 is 34.8 Å². The van der Waals surface area contributed by atoms with Crippen molar-refractivity contribution in [1.29, 1.82) is 0 Å². The van der Waals surface area contributed by atoms with Crippen molar-refractivity contribution in [1.82, 2.24) is 0 Å². The molecule has 0 aromatic heterocycles. The summed E-state index contributed by atoms with van der Waals surface area (Å²) in [6.07, 6.45) is 0.503. The van der Waals surface area contributed by atoms with Crippen LogP contribution in [-0.4, -0.2) is 57.8 Å². The molecule has 100 valence electrons. The van der Waals surface area contributed by atoms with Crippen LogP contribution in [0.25, 0.3) is 0 Å². The van der Waals surface area contributed by atoms with Gasteiger partial charge in [0.15, 0.2) is 0 Å². The van der Waals surface area contributed by atoms with Gasteiger partial charge in [-0.25, -0.2) is 9.59 Å². The van der Waals surface area contributed by atoms with Crippen LogP contribution < -0.4 is 0 Å². The Balaban J connectivity index is 0. The number of carboxylic acids is 2. The van der Waals surface area contributed by atoms with Crippen LogP contribution in [-0.2, 0) is 14.3 Å². The van der Waals surface area contributed by atoms with Crippen molar-refractivity contribution in [3.63, 3.8) is 0 Å². The summed E-state index contributed by atoms with van der Waals surface area (Å²) in [6.45, 7) is 3.70. The molecular weight excluding hydrogens is 232 g/mol. The Labute approximate surface area is 99.0 Å². The molecular formula is C10H18O7. The highest BCUT2D eigenvalue weighted by molar-refractivity contribution is 5.89. The van der Waals surface area contributed by atoms with Crippen LogP contribution in [0.5, 0.6) is 0 Å². The lowest BCUT2D eigenvalue weighted by Gasteiger charge is -2.10. The van der Waals surface area contributed by atoms with Crippen LogP contribution in [0.2, 0.25) is 0 Å². The van der Waals surface area contributed by atoms with Gasteiger partial charge in [-0.15, -0.1) is 0 Å². The van der Waals surface area contributed by atoms with E-state index in [4.69, 9.17) is 25.2 Å². The Hall–Kier alpha value is -1.44. The van der Waals surface area contributed by atoms with Crippen molar-refractivity contribution in [2.75, 3.05) is 13.2 Å². The highest BCUT2D eigenvalue weighted by atomic mass is 16.5. The first-order chi connectivity index (χ1) is 7.79. The van der Waals surface area contributed by atoms with E-state index in [9.17, 15) is 9.59 Å². The number of hydrogen-bond donors (Lipinski definition) is 4.